The van der Waals surface area contributed by atoms with Gasteiger partial charge in [-0.3, -0.25) is 0 Å². The summed E-state index contributed by atoms with van der Waals surface area (Å²) in [6.07, 6.45) is -2.88. The van der Waals surface area contributed by atoms with Crippen LogP contribution in [-0.4, -0.2) is 16.7 Å². The molecule has 0 aliphatic rings. The molecule has 0 spiro atoms. The first kappa shape index (κ1) is 22.7. The van der Waals surface area contributed by atoms with E-state index in [-0.39, 0.29) is 17.0 Å². The van der Waals surface area contributed by atoms with E-state index in [1.807, 2.05) is 43.5 Å². The number of aromatic nitrogens is 1. The van der Waals surface area contributed by atoms with Crippen LogP contribution >= 0.6 is 22.9 Å². The van der Waals surface area contributed by atoms with Gasteiger partial charge in [0.05, 0.1) is 11.4 Å². The van der Waals surface area contributed by atoms with Gasteiger partial charge in [-0.15, -0.1) is 11.3 Å². The highest BCUT2D eigenvalue weighted by atomic mass is 35.5. The van der Waals surface area contributed by atoms with Crippen LogP contribution in [0.5, 0.6) is 5.75 Å². The number of alkyl halides is 4. The largest absolute Gasteiger partial charge is 0.444 e. The number of allylic oxidation sites excluding steroid dienone is 1. The highest BCUT2D eigenvalue weighted by molar-refractivity contribution is 7.11. The van der Waals surface area contributed by atoms with Gasteiger partial charge in [0, 0.05) is 17.1 Å². The number of anilines is 1. The third kappa shape index (κ3) is 5.37. The molecule has 1 heterocycles. The van der Waals surface area contributed by atoms with Crippen molar-refractivity contribution in [3.05, 3.63) is 70.2 Å². The second-order valence-corrected chi connectivity index (χ2v) is 7.85. The van der Waals surface area contributed by atoms with Crippen molar-refractivity contribution in [3.8, 4) is 23.1 Å². The molecule has 1 atom stereocenters. The maximum absolute atomic E-state index is 13.5. The summed E-state index contributed by atoms with van der Waals surface area (Å²) in [5.74, 6) is -0.320. The highest BCUT2D eigenvalue weighted by Gasteiger charge is 2.42. The fourth-order valence-corrected chi connectivity index (χ4v) is 3.43. The Bertz CT molecular complexity index is 1150. The Hall–Kier alpha value is -3.02. The standard InChI is InChI=1S/C22H17ClF3N3OS/c1-13-7-8-15(9-14(13)2)18-12-31-20(29-18)16(10-27)11-28-17-5-3-4-6-19(17)30-22(25,26)21(23)24/h3-9,11-12,21,28H,1-2H3/b16-11+. The monoisotopic (exact) mass is 463 g/mol. The molecule has 0 saturated carbocycles. The number of thiazole rings is 1. The molecule has 2 aromatic carbocycles. The molecule has 0 bridgehead atoms. The molecule has 0 saturated heterocycles. The van der Waals surface area contributed by atoms with Crippen LogP contribution in [0, 0.1) is 25.2 Å². The summed E-state index contributed by atoms with van der Waals surface area (Å²) >= 11 is 6.13. The maximum Gasteiger partial charge on any atom is 0.444 e. The summed E-state index contributed by atoms with van der Waals surface area (Å²) in [4.78, 5) is 4.51. The van der Waals surface area contributed by atoms with Crippen LogP contribution in [0.25, 0.3) is 16.8 Å². The lowest BCUT2D eigenvalue weighted by Crippen LogP contribution is -2.33. The summed E-state index contributed by atoms with van der Waals surface area (Å²) in [5.41, 5.74) is 1.25. The normalized spacial score (nSPS) is 12.9. The third-order valence-electron chi connectivity index (χ3n) is 4.42. The first-order valence-corrected chi connectivity index (χ1v) is 10.4. The average Bonchev–Trinajstić information content (AvgIpc) is 3.21. The van der Waals surface area contributed by atoms with Crippen LogP contribution in [0.3, 0.4) is 0 Å². The number of nitrogens with one attached hydrogen (secondary N) is 1. The maximum atomic E-state index is 13.5. The molecule has 3 aromatic rings. The Morgan fingerprint density at radius 3 is 2.68 bits per heavy atom. The van der Waals surface area contributed by atoms with Gasteiger partial charge >= 0.3 is 6.11 Å². The molecule has 9 heteroatoms. The van der Waals surface area contributed by atoms with Gasteiger partial charge in [0.25, 0.3) is 5.63 Å². The number of nitriles is 1. The summed E-state index contributed by atoms with van der Waals surface area (Å²) in [5, 5.41) is 14.6. The third-order valence-corrected chi connectivity index (χ3v) is 5.55. The van der Waals surface area contributed by atoms with E-state index >= 15 is 0 Å². The van der Waals surface area contributed by atoms with Crippen molar-refractivity contribution in [1.82, 2.24) is 4.98 Å². The zero-order valence-electron chi connectivity index (χ0n) is 16.5. The lowest BCUT2D eigenvalue weighted by molar-refractivity contribution is -0.198. The van der Waals surface area contributed by atoms with Crippen molar-refractivity contribution in [2.24, 2.45) is 0 Å². The van der Waals surface area contributed by atoms with E-state index in [4.69, 9.17) is 11.6 Å². The van der Waals surface area contributed by atoms with Crippen molar-refractivity contribution >= 4 is 34.2 Å². The number of nitrogens with zero attached hydrogens (tertiary/aromatic N) is 2. The predicted octanol–water partition coefficient (Wildman–Crippen LogP) is 6.91. The van der Waals surface area contributed by atoms with E-state index in [0.717, 1.165) is 16.8 Å². The van der Waals surface area contributed by atoms with E-state index in [1.54, 1.807) is 6.07 Å². The zero-order chi connectivity index (χ0) is 22.6. The predicted molar refractivity (Wildman–Crippen MR) is 117 cm³/mol. The fourth-order valence-electron chi connectivity index (χ4n) is 2.59. The van der Waals surface area contributed by atoms with E-state index < -0.39 is 11.7 Å². The Morgan fingerprint density at radius 1 is 1.26 bits per heavy atom. The quantitative estimate of drug-likeness (QED) is 0.305. The number of para-hydroxylation sites is 2. The minimum Gasteiger partial charge on any atom is -0.427 e. The molecule has 0 amide bonds. The van der Waals surface area contributed by atoms with Crippen LogP contribution < -0.4 is 10.1 Å². The van der Waals surface area contributed by atoms with Gasteiger partial charge in [0.2, 0.25) is 0 Å². The van der Waals surface area contributed by atoms with Crippen LogP contribution in [0.2, 0.25) is 0 Å². The van der Waals surface area contributed by atoms with E-state index in [1.165, 1.54) is 41.3 Å². The first-order valence-electron chi connectivity index (χ1n) is 9.05. The van der Waals surface area contributed by atoms with Crippen molar-refractivity contribution in [2.75, 3.05) is 5.32 Å². The molecular formula is C22H17ClF3N3OS. The van der Waals surface area contributed by atoms with Crippen LogP contribution in [0.4, 0.5) is 18.9 Å². The summed E-state index contributed by atoms with van der Waals surface area (Å²) in [6.45, 7) is 4.03. The molecule has 31 heavy (non-hydrogen) atoms. The molecule has 0 aliphatic heterocycles. The van der Waals surface area contributed by atoms with Crippen molar-refractivity contribution in [3.63, 3.8) is 0 Å². The fraction of sp³-hybridized carbons (Fsp3) is 0.182. The number of rotatable bonds is 7. The van der Waals surface area contributed by atoms with Gasteiger partial charge in [-0.05, 0) is 43.2 Å². The molecular weight excluding hydrogens is 447 g/mol. The number of hydrogen-bond donors (Lipinski definition) is 1. The van der Waals surface area contributed by atoms with Gasteiger partial charge in [-0.1, -0.05) is 35.9 Å². The smallest absolute Gasteiger partial charge is 0.427 e. The molecule has 160 valence electrons. The van der Waals surface area contributed by atoms with Gasteiger partial charge in [-0.2, -0.15) is 14.0 Å². The molecule has 0 radical (unpaired) electrons. The number of benzene rings is 2. The Morgan fingerprint density at radius 2 is 2.00 bits per heavy atom. The zero-order valence-corrected chi connectivity index (χ0v) is 18.1. The molecule has 0 fully saturated rings. The minimum absolute atomic E-state index is 0.109. The summed E-state index contributed by atoms with van der Waals surface area (Å²) < 4.78 is 44.4. The van der Waals surface area contributed by atoms with Gasteiger partial charge < -0.3 is 10.1 Å². The highest BCUT2D eigenvalue weighted by Crippen LogP contribution is 2.34. The Labute approximate surface area is 186 Å². The first-order chi connectivity index (χ1) is 14.7. The topological polar surface area (TPSA) is 57.9 Å². The molecule has 1 aromatic heterocycles. The van der Waals surface area contributed by atoms with Gasteiger partial charge in [0.1, 0.15) is 22.4 Å². The van der Waals surface area contributed by atoms with Gasteiger partial charge in [0.15, 0.2) is 0 Å². The number of hydrogen-bond acceptors (Lipinski definition) is 5. The SMILES string of the molecule is Cc1ccc(-c2csc(/C(C#N)=C/Nc3ccccc3OC(F)(F)C(F)Cl)n2)cc1C. The summed E-state index contributed by atoms with van der Waals surface area (Å²) in [6, 6.07) is 13.7. The van der Waals surface area contributed by atoms with E-state index in [2.05, 4.69) is 15.0 Å². The number of halogens is 4. The van der Waals surface area contributed by atoms with E-state index in [0.29, 0.717) is 5.01 Å². The van der Waals surface area contributed by atoms with Crippen LogP contribution in [0.1, 0.15) is 16.1 Å². The van der Waals surface area contributed by atoms with Gasteiger partial charge in [-0.25, -0.2) is 9.37 Å². The molecule has 3 rings (SSSR count). The second-order valence-electron chi connectivity index (χ2n) is 6.61. The lowest BCUT2D eigenvalue weighted by atomic mass is 10.1. The molecule has 0 aliphatic carbocycles. The van der Waals surface area contributed by atoms with E-state index in [9.17, 15) is 18.4 Å². The molecule has 1 N–H and O–H groups in total. The second kappa shape index (κ2) is 9.41. The van der Waals surface area contributed by atoms with Crippen molar-refractivity contribution < 1.29 is 17.9 Å². The Balaban J connectivity index is 1.84. The minimum atomic E-state index is -4.21. The Kier molecular flexibility index (Phi) is 6.88. The summed E-state index contributed by atoms with van der Waals surface area (Å²) in [7, 11) is 0. The average molecular weight is 464 g/mol. The number of aryl methyl sites for hydroxylation is 2. The molecule has 1 unspecified atom stereocenters. The molecule has 4 nitrogen and oxygen atoms in total. The number of ether oxygens (including phenoxy) is 1. The van der Waals surface area contributed by atoms with Crippen molar-refractivity contribution in [2.45, 2.75) is 25.6 Å². The van der Waals surface area contributed by atoms with Crippen LogP contribution in [-0.2, 0) is 0 Å². The lowest BCUT2D eigenvalue weighted by Gasteiger charge is -2.19. The van der Waals surface area contributed by atoms with Crippen LogP contribution in [0.15, 0.2) is 54.0 Å². The van der Waals surface area contributed by atoms with Crippen molar-refractivity contribution in [1.29, 1.82) is 5.26 Å².